The zero-order valence-corrected chi connectivity index (χ0v) is 31.3. The van der Waals surface area contributed by atoms with Crippen molar-refractivity contribution in [2.45, 2.75) is 16.7 Å². The minimum absolute atomic E-state index is 0.000631. The summed E-state index contributed by atoms with van der Waals surface area (Å²) in [5, 5.41) is 47.9. The summed E-state index contributed by atoms with van der Waals surface area (Å²) in [7, 11) is -4.94. The van der Waals surface area contributed by atoms with Gasteiger partial charge in [0, 0.05) is 10.8 Å². The quantitative estimate of drug-likeness (QED) is 0.0214. The van der Waals surface area contributed by atoms with Crippen molar-refractivity contribution in [3.05, 3.63) is 127 Å². The van der Waals surface area contributed by atoms with Crippen LogP contribution in [0.1, 0.15) is 5.56 Å². The van der Waals surface area contributed by atoms with E-state index in [2.05, 4.69) is 41.5 Å². The smallest absolute Gasteiger partial charge is 0.296 e. The van der Waals surface area contributed by atoms with Crippen molar-refractivity contribution in [3.63, 3.8) is 0 Å². The lowest BCUT2D eigenvalue weighted by Gasteiger charge is -2.13. The molecule has 0 radical (unpaired) electrons. The molecular formula is C39H31N9O7S2. The lowest BCUT2D eigenvalue weighted by atomic mass is 10.0. The van der Waals surface area contributed by atoms with Gasteiger partial charge in [0.2, 0.25) is 0 Å². The Balaban J connectivity index is 1.22. The van der Waals surface area contributed by atoms with E-state index in [1.54, 1.807) is 55.5 Å². The van der Waals surface area contributed by atoms with Gasteiger partial charge in [-0.25, -0.2) is 4.21 Å². The Kier molecular flexibility index (Phi) is 10.7. The molecule has 286 valence electrons. The van der Waals surface area contributed by atoms with Crippen LogP contribution in [0.3, 0.4) is 0 Å². The molecule has 16 nitrogen and oxygen atoms in total. The largest absolute Gasteiger partial charge is 0.505 e. The number of aryl methyl sites for hydroxylation is 1. The maximum Gasteiger partial charge on any atom is 0.296 e. The van der Waals surface area contributed by atoms with Gasteiger partial charge in [0.1, 0.15) is 22.0 Å². The zero-order valence-electron chi connectivity index (χ0n) is 29.6. The number of fused-ring (bicyclic) bond motifs is 2. The van der Waals surface area contributed by atoms with Gasteiger partial charge >= 0.3 is 0 Å². The van der Waals surface area contributed by atoms with E-state index in [0.29, 0.717) is 22.6 Å². The Morgan fingerprint density at radius 1 is 0.614 bits per heavy atom. The van der Waals surface area contributed by atoms with Crippen LogP contribution in [0.25, 0.3) is 21.5 Å². The number of aromatic hydroxyl groups is 2. The van der Waals surface area contributed by atoms with Gasteiger partial charge in [0.15, 0.2) is 22.6 Å². The van der Waals surface area contributed by atoms with Gasteiger partial charge in [-0.3, -0.25) is 4.55 Å². The van der Waals surface area contributed by atoms with Crippen molar-refractivity contribution < 1.29 is 31.9 Å². The van der Waals surface area contributed by atoms with E-state index in [4.69, 9.17) is 5.73 Å². The Morgan fingerprint density at radius 3 is 1.84 bits per heavy atom. The summed E-state index contributed by atoms with van der Waals surface area (Å²) in [6.07, 6.45) is 0. The summed E-state index contributed by atoms with van der Waals surface area (Å²) in [4.78, 5) is -0.814. The minimum atomic E-state index is -4.94. The Labute approximate surface area is 327 Å². The van der Waals surface area contributed by atoms with Crippen molar-refractivity contribution in [1.82, 2.24) is 0 Å². The first kappa shape index (κ1) is 38.2. The Morgan fingerprint density at radius 2 is 1.18 bits per heavy atom. The molecule has 18 heteroatoms. The normalized spacial score (nSPS) is 12.6. The number of phenolic OH excluding ortho intramolecular Hbond substituents is 2. The standard InChI is InChI=1S/C39H31N9O7S2/c1-22-29-20-34(57(53,54)55)37(48-44-26-14-12-25(13-15-26)42-41-23-8-4-2-5-9-23)38(49)27(29)16-18-30(22)45-47-32-21-33(56(51)52)28-17-19-31(39(50)35(28)36(32)40)46-43-24-10-6-3-7-11-24/h2-21,41-42,49-50H,40H2,1H3,(H,51,52)(H,53,54,55). The molecule has 1 atom stereocenters. The molecule has 0 fully saturated rings. The third-order valence-electron chi connectivity index (χ3n) is 8.73. The molecule has 0 saturated carbocycles. The number of nitrogens with two attached hydrogens (primary N) is 1. The number of phenols is 2. The molecule has 0 saturated heterocycles. The highest BCUT2D eigenvalue weighted by Gasteiger charge is 2.24. The van der Waals surface area contributed by atoms with Crippen molar-refractivity contribution in [2.24, 2.45) is 30.7 Å². The number of rotatable bonds is 11. The summed E-state index contributed by atoms with van der Waals surface area (Å²) in [6.45, 7) is 1.58. The first-order valence-corrected chi connectivity index (χ1v) is 19.4. The van der Waals surface area contributed by atoms with Crippen molar-refractivity contribution in [1.29, 1.82) is 0 Å². The lowest BCUT2D eigenvalue weighted by Crippen LogP contribution is -2.07. The number of hydrogen-bond donors (Lipinski definition) is 7. The monoisotopic (exact) mass is 801 g/mol. The van der Waals surface area contributed by atoms with Crippen LogP contribution in [0.15, 0.2) is 162 Å². The van der Waals surface area contributed by atoms with Crippen LogP contribution in [-0.4, -0.2) is 31.9 Å². The van der Waals surface area contributed by atoms with Crippen LogP contribution >= 0.6 is 0 Å². The van der Waals surface area contributed by atoms with Gasteiger partial charge in [-0.05, 0) is 96.7 Å². The summed E-state index contributed by atoms with van der Waals surface area (Å²) in [5.74, 6) is -0.966. The van der Waals surface area contributed by atoms with Gasteiger partial charge in [-0.1, -0.05) is 42.5 Å². The molecule has 7 rings (SSSR count). The Bertz CT molecular complexity index is 2890. The van der Waals surface area contributed by atoms with E-state index >= 15 is 0 Å². The predicted molar refractivity (Wildman–Crippen MR) is 218 cm³/mol. The average molecular weight is 802 g/mol. The number of nitrogens with zero attached hydrogens (tertiary/aromatic N) is 6. The second kappa shape index (κ2) is 15.9. The summed E-state index contributed by atoms with van der Waals surface area (Å²) in [5.41, 5.74) is 14.9. The van der Waals surface area contributed by atoms with Crippen molar-refractivity contribution in [2.75, 3.05) is 16.6 Å². The number of anilines is 3. The lowest BCUT2D eigenvalue weighted by molar-refractivity contribution is 0.472. The zero-order chi connectivity index (χ0) is 40.3. The van der Waals surface area contributed by atoms with Gasteiger partial charge in [0.05, 0.1) is 44.4 Å². The van der Waals surface area contributed by atoms with Gasteiger partial charge in [-0.15, -0.1) is 15.3 Å². The molecule has 0 amide bonds. The molecule has 7 aromatic rings. The minimum Gasteiger partial charge on any atom is -0.505 e. The molecule has 0 bridgehead atoms. The highest BCUT2D eigenvalue weighted by molar-refractivity contribution is 7.86. The van der Waals surface area contributed by atoms with Crippen LogP contribution < -0.4 is 16.6 Å². The molecule has 0 aliphatic carbocycles. The number of nitrogen functional groups attached to an aromatic ring is 1. The van der Waals surface area contributed by atoms with E-state index in [0.717, 1.165) is 11.8 Å². The van der Waals surface area contributed by atoms with Crippen molar-refractivity contribution in [3.8, 4) is 11.5 Å². The SMILES string of the molecule is Cc1c(N=Nc2cc(S(=O)O)c3ccc(N=Nc4ccccc4)c(O)c3c2N)ccc2c(O)c(N=Nc3ccc(NNc4ccccc4)cc3)c(S(=O)(=O)O)cc12. The van der Waals surface area contributed by atoms with Crippen LogP contribution in [0, 0.1) is 6.92 Å². The molecule has 57 heavy (non-hydrogen) atoms. The molecule has 0 spiro atoms. The second-order valence-electron chi connectivity index (χ2n) is 12.4. The van der Waals surface area contributed by atoms with Gasteiger partial charge in [0.25, 0.3) is 10.1 Å². The number of hydrogen-bond acceptors (Lipinski definition) is 14. The molecule has 7 aromatic carbocycles. The molecule has 8 N–H and O–H groups in total. The fourth-order valence-corrected chi connectivity index (χ4v) is 7.05. The Hall–Kier alpha value is -7.12. The first-order chi connectivity index (χ1) is 27.4. The van der Waals surface area contributed by atoms with E-state index in [1.165, 1.54) is 30.3 Å². The third kappa shape index (κ3) is 8.14. The molecular weight excluding hydrogens is 771 g/mol. The topological polar surface area (TPSA) is 256 Å². The fourth-order valence-electron chi connectivity index (χ4n) is 5.83. The molecule has 0 aliphatic rings. The van der Waals surface area contributed by atoms with E-state index < -0.39 is 43.3 Å². The van der Waals surface area contributed by atoms with Gasteiger partial charge < -0.3 is 31.4 Å². The van der Waals surface area contributed by atoms with Gasteiger partial charge in [-0.2, -0.15) is 23.8 Å². The van der Waals surface area contributed by atoms with Crippen LogP contribution in [-0.2, 0) is 21.2 Å². The van der Waals surface area contributed by atoms with Crippen LogP contribution in [0.4, 0.5) is 51.2 Å². The van der Waals surface area contributed by atoms with E-state index in [-0.39, 0.29) is 49.2 Å². The number of para-hydroxylation sites is 1. The maximum atomic E-state index is 12.6. The molecule has 1 unspecified atom stereocenters. The first-order valence-electron chi connectivity index (χ1n) is 16.8. The molecule has 0 aliphatic heterocycles. The number of benzene rings is 7. The number of azo groups is 3. The third-order valence-corrected chi connectivity index (χ3v) is 10.3. The van der Waals surface area contributed by atoms with E-state index in [9.17, 15) is 31.9 Å². The second-order valence-corrected chi connectivity index (χ2v) is 14.7. The number of nitrogens with one attached hydrogen (secondary N) is 2. The summed E-state index contributed by atoms with van der Waals surface area (Å²) >= 11 is -2.53. The summed E-state index contributed by atoms with van der Waals surface area (Å²) in [6, 6.07) is 33.1. The maximum absolute atomic E-state index is 12.6. The van der Waals surface area contributed by atoms with Crippen LogP contribution in [0.5, 0.6) is 11.5 Å². The molecule has 0 aromatic heterocycles. The highest BCUT2D eigenvalue weighted by atomic mass is 32.2. The van der Waals surface area contributed by atoms with Crippen LogP contribution in [0.2, 0.25) is 0 Å². The van der Waals surface area contributed by atoms with Crippen molar-refractivity contribution >= 4 is 93.9 Å². The fraction of sp³-hybridized carbons (Fsp3) is 0.0256. The average Bonchev–Trinajstić information content (AvgIpc) is 3.20. The molecule has 0 heterocycles. The summed E-state index contributed by atoms with van der Waals surface area (Å²) < 4.78 is 57.9. The number of hydrazine groups is 1. The highest BCUT2D eigenvalue weighted by Crippen LogP contribution is 2.46. The predicted octanol–water partition coefficient (Wildman–Crippen LogP) is 10.8. The van der Waals surface area contributed by atoms with E-state index in [1.807, 2.05) is 36.4 Å².